The molecule has 0 N–H and O–H groups in total. The molecule has 0 unspecified atom stereocenters. The van der Waals surface area contributed by atoms with Crippen LogP contribution in [-0.2, 0) is 17.6 Å². The average Bonchev–Trinajstić information content (AvgIpc) is 3.18. The average molecular weight is 301 g/mol. The first kappa shape index (κ1) is 14.0. The van der Waals surface area contributed by atoms with E-state index in [4.69, 9.17) is 19.6 Å². The molecule has 1 fully saturated rings. The molecule has 5 nitrogen and oxygen atoms in total. The van der Waals surface area contributed by atoms with Gasteiger partial charge in [0.25, 0.3) is 0 Å². The molecule has 2 aromatic heterocycles. The fraction of sp³-hybridized carbons (Fsp3) is 0.647. The second kappa shape index (κ2) is 5.88. The van der Waals surface area contributed by atoms with Gasteiger partial charge in [-0.05, 0) is 38.5 Å². The summed E-state index contributed by atoms with van der Waals surface area (Å²) in [4.78, 5) is 4.83. The number of rotatable bonds is 4. The van der Waals surface area contributed by atoms with E-state index in [9.17, 15) is 0 Å². The zero-order valence-corrected chi connectivity index (χ0v) is 13.2. The van der Waals surface area contributed by atoms with Crippen molar-refractivity contribution in [3.05, 3.63) is 23.0 Å². The summed E-state index contributed by atoms with van der Waals surface area (Å²) >= 11 is 0. The Kier molecular flexibility index (Phi) is 3.74. The van der Waals surface area contributed by atoms with Gasteiger partial charge in [-0.3, -0.25) is 0 Å². The number of hydrogen-bond donors (Lipinski definition) is 0. The van der Waals surface area contributed by atoms with Crippen molar-refractivity contribution in [1.82, 2.24) is 14.6 Å². The summed E-state index contributed by atoms with van der Waals surface area (Å²) in [5.41, 5.74) is 4.55. The molecular formula is C17H23N3O2. The predicted molar refractivity (Wildman–Crippen MR) is 83.6 cm³/mol. The number of aromatic nitrogens is 3. The molecule has 0 radical (unpaired) electrons. The topological polar surface area (TPSA) is 48.7 Å². The van der Waals surface area contributed by atoms with Crippen LogP contribution < -0.4 is 4.74 Å². The minimum atomic E-state index is 0.490. The Hall–Kier alpha value is -1.62. The van der Waals surface area contributed by atoms with Crippen LogP contribution in [0.1, 0.15) is 55.5 Å². The van der Waals surface area contributed by atoms with Gasteiger partial charge in [0.1, 0.15) is 0 Å². The molecule has 22 heavy (non-hydrogen) atoms. The lowest BCUT2D eigenvalue weighted by molar-refractivity contribution is 0.0844. The van der Waals surface area contributed by atoms with E-state index in [1.54, 1.807) is 0 Å². The Morgan fingerprint density at radius 1 is 1.32 bits per heavy atom. The van der Waals surface area contributed by atoms with Gasteiger partial charge >= 0.3 is 0 Å². The van der Waals surface area contributed by atoms with E-state index in [0.29, 0.717) is 5.92 Å². The Labute approximate surface area is 130 Å². The van der Waals surface area contributed by atoms with Crippen molar-refractivity contribution in [2.45, 2.75) is 51.4 Å². The maximum Gasteiger partial charge on any atom is 0.221 e. The highest BCUT2D eigenvalue weighted by Crippen LogP contribution is 2.33. The minimum absolute atomic E-state index is 0.490. The van der Waals surface area contributed by atoms with E-state index in [0.717, 1.165) is 69.1 Å². The van der Waals surface area contributed by atoms with Gasteiger partial charge in [0.05, 0.1) is 18.0 Å². The van der Waals surface area contributed by atoms with Crippen LogP contribution in [0.4, 0.5) is 0 Å². The summed E-state index contributed by atoms with van der Waals surface area (Å²) in [5.74, 6) is 1.42. The first-order valence-corrected chi connectivity index (χ1v) is 8.48. The number of nitrogens with zero attached hydrogens (tertiary/aromatic N) is 3. The summed E-state index contributed by atoms with van der Waals surface area (Å²) in [7, 11) is 0. The van der Waals surface area contributed by atoms with Gasteiger partial charge in [0.2, 0.25) is 5.88 Å². The van der Waals surface area contributed by atoms with Gasteiger partial charge in [-0.1, -0.05) is 6.92 Å². The molecule has 2 aromatic rings. The molecule has 4 rings (SSSR count). The highest BCUT2D eigenvalue weighted by molar-refractivity contribution is 5.49. The molecule has 118 valence electrons. The third-order valence-corrected chi connectivity index (χ3v) is 4.68. The lowest BCUT2D eigenvalue weighted by Gasteiger charge is -2.19. The van der Waals surface area contributed by atoms with Gasteiger partial charge in [0.15, 0.2) is 5.65 Å². The molecule has 0 aromatic carbocycles. The normalized spacial score (nSPS) is 18.8. The second-order valence-corrected chi connectivity index (χ2v) is 6.27. The van der Waals surface area contributed by atoms with Crippen LogP contribution in [0.2, 0.25) is 0 Å². The number of hydrogen-bond acceptors (Lipinski definition) is 4. The van der Waals surface area contributed by atoms with Crippen LogP contribution in [0.3, 0.4) is 0 Å². The monoisotopic (exact) mass is 301 g/mol. The molecule has 0 atom stereocenters. The number of ether oxygens (including phenoxy) is 2. The van der Waals surface area contributed by atoms with Crippen molar-refractivity contribution < 1.29 is 9.47 Å². The maximum atomic E-state index is 6.05. The predicted octanol–water partition coefficient (Wildman–Crippen LogP) is 2.90. The van der Waals surface area contributed by atoms with E-state index in [1.807, 2.05) is 4.52 Å². The Bertz CT molecular complexity index is 674. The van der Waals surface area contributed by atoms with E-state index in [1.165, 1.54) is 17.7 Å². The first-order valence-electron chi connectivity index (χ1n) is 8.48. The Morgan fingerprint density at radius 3 is 3.00 bits per heavy atom. The zero-order valence-electron chi connectivity index (χ0n) is 13.2. The lowest BCUT2D eigenvalue weighted by atomic mass is 9.97. The molecular weight excluding hydrogens is 278 g/mol. The molecule has 1 saturated heterocycles. The summed E-state index contributed by atoms with van der Waals surface area (Å²) in [6.45, 7) is 4.54. The van der Waals surface area contributed by atoms with Crippen molar-refractivity contribution in [1.29, 1.82) is 0 Å². The van der Waals surface area contributed by atoms with Gasteiger partial charge in [-0.25, -0.2) is 4.98 Å². The number of aryl methyl sites for hydroxylation is 1. The van der Waals surface area contributed by atoms with Crippen molar-refractivity contribution in [3.63, 3.8) is 0 Å². The minimum Gasteiger partial charge on any atom is -0.477 e. The van der Waals surface area contributed by atoms with Gasteiger partial charge in [-0.2, -0.15) is 9.61 Å². The van der Waals surface area contributed by atoms with Gasteiger partial charge in [0, 0.05) is 30.8 Å². The standard InChI is InChI=1S/C17H23N3O2/c1-2-8-22-17-13-4-3-5-14(13)18-16-11-15(19-20(16)17)12-6-9-21-10-7-12/h11-12H,2-10H2,1H3. The van der Waals surface area contributed by atoms with Crippen molar-refractivity contribution >= 4 is 5.65 Å². The van der Waals surface area contributed by atoms with E-state index < -0.39 is 0 Å². The first-order chi connectivity index (χ1) is 10.9. The SMILES string of the molecule is CCCOc1c2c(nc3cc(C4CCOCC4)nn13)CCC2. The summed E-state index contributed by atoms with van der Waals surface area (Å²) < 4.78 is 13.4. The summed E-state index contributed by atoms with van der Waals surface area (Å²) in [6.07, 6.45) is 6.40. The largest absolute Gasteiger partial charge is 0.477 e. The van der Waals surface area contributed by atoms with Crippen LogP contribution in [0.15, 0.2) is 6.07 Å². The Morgan fingerprint density at radius 2 is 2.18 bits per heavy atom. The number of fused-ring (bicyclic) bond motifs is 2. The van der Waals surface area contributed by atoms with Crippen molar-refractivity contribution in [2.24, 2.45) is 0 Å². The van der Waals surface area contributed by atoms with Crippen molar-refractivity contribution in [2.75, 3.05) is 19.8 Å². The third kappa shape index (κ3) is 2.37. The third-order valence-electron chi connectivity index (χ3n) is 4.68. The van der Waals surface area contributed by atoms with Gasteiger partial charge in [-0.15, -0.1) is 0 Å². The summed E-state index contributed by atoms with van der Waals surface area (Å²) in [6, 6.07) is 2.15. The van der Waals surface area contributed by atoms with Crippen LogP contribution in [0.5, 0.6) is 5.88 Å². The smallest absolute Gasteiger partial charge is 0.221 e. The highest BCUT2D eigenvalue weighted by atomic mass is 16.5. The molecule has 1 aliphatic carbocycles. The lowest BCUT2D eigenvalue weighted by Crippen LogP contribution is -2.14. The van der Waals surface area contributed by atoms with Crippen LogP contribution >= 0.6 is 0 Å². The molecule has 2 aliphatic rings. The molecule has 3 heterocycles. The highest BCUT2D eigenvalue weighted by Gasteiger charge is 2.25. The fourth-order valence-corrected chi connectivity index (χ4v) is 3.51. The van der Waals surface area contributed by atoms with Crippen LogP contribution in [0.25, 0.3) is 5.65 Å². The maximum absolute atomic E-state index is 6.05. The summed E-state index contributed by atoms with van der Waals surface area (Å²) in [5, 5.41) is 4.84. The molecule has 0 saturated carbocycles. The molecule has 0 amide bonds. The Balaban J connectivity index is 1.77. The zero-order chi connectivity index (χ0) is 14.9. The van der Waals surface area contributed by atoms with E-state index in [2.05, 4.69) is 13.0 Å². The quantitative estimate of drug-likeness (QED) is 0.871. The fourth-order valence-electron chi connectivity index (χ4n) is 3.51. The molecule has 1 aliphatic heterocycles. The van der Waals surface area contributed by atoms with Crippen LogP contribution in [0, 0.1) is 0 Å². The molecule has 0 bridgehead atoms. The van der Waals surface area contributed by atoms with Gasteiger partial charge < -0.3 is 9.47 Å². The second-order valence-electron chi connectivity index (χ2n) is 6.27. The van der Waals surface area contributed by atoms with Crippen LogP contribution in [-0.4, -0.2) is 34.4 Å². The van der Waals surface area contributed by atoms with Crippen molar-refractivity contribution in [3.8, 4) is 5.88 Å². The van der Waals surface area contributed by atoms with E-state index >= 15 is 0 Å². The molecule has 0 spiro atoms. The molecule has 5 heteroatoms. The van der Waals surface area contributed by atoms with E-state index in [-0.39, 0.29) is 0 Å².